The van der Waals surface area contributed by atoms with Crippen molar-refractivity contribution in [2.24, 2.45) is 0 Å². The molecule has 138 valence electrons. The van der Waals surface area contributed by atoms with Crippen molar-refractivity contribution in [2.45, 2.75) is 24.3 Å². The Balaban J connectivity index is 1.98. The molecule has 0 aliphatic carbocycles. The molecule has 26 heavy (non-hydrogen) atoms. The molecule has 1 aliphatic heterocycles. The van der Waals surface area contributed by atoms with Gasteiger partial charge in [0.1, 0.15) is 11.6 Å². The number of halogens is 1. The number of carbonyl (C=O) groups excluding carboxylic acids is 1. The Kier molecular flexibility index (Phi) is 5.13. The summed E-state index contributed by atoms with van der Waals surface area (Å²) in [5.74, 6) is -0.593. The van der Waals surface area contributed by atoms with Gasteiger partial charge in [0.25, 0.3) is 15.9 Å². The summed E-state index contributed by atoms with van der Waals surface area (Å²) >= 11 is 0. The molecule has 1 amide bonds. The van der Waals surface area contributed by atoms with Crippen LogP contribution in [0.3, 0.4) is 0 Å². The van der Waals surface area contributed by atoms with E-state index in [0.29, 0.717) is 18.0 Å². The maximum atomic E-state index is 13.2. The number of nitrogens with zero attached hydrogens (tertiary/aromatic N) is 1. The fourth-order valence-corrected chi connectivity index (χ4v) is 4.14. The molecule has 1 unspecified atom stereocenters. The Morgan fingerprint density at radius 1 is 1.23 bits per heavy atom. The minimum Gasteiger partial charge on any atom is -0.476 e. The zero-order valence-corrected chi connectivity index (χ0v) is 15.0. The lowest BCUT2D eigenvalue weighted by atomic mass is 10.2. The van der Waals surface area contributed by atoms with E-state index >= 15 is 0 Å². The number of hydrogen-bond donors (Lipinski definition) is 1. The topological polar surface area (TPSA) is 75.7 Å². The molecule has 0 saturated carbocycles. The van der Waals surface area contributed by atoms with Gasteiger partial charge in [-0.3, -0.25) is 9.10 Å². The highest BCUT2D eigenvalue weighted by Crippen LogP contribution is 2.36. The zero-order chi connectivity index (χ0) is 18.7. The number of hydrogen-bond acceptors (Lipinski definition) is 4. The summed E-state index contributed by atoms with van der Waals surface area (Å²) in [6, 6.07) is 11.2. The van der Waals surface area contributed by atoms with Gasteiger partial charge < -0.3 is 10.1 Å². The van der Waals surface area contributed by atoms with Gasteiger partial charge in [0.15, 0.2) is 6.10 Å². The van der Waals surface area contributed by atoms with Crippen LogP contribution in [0.5, 0.6) is 5.75 Å². The Bertz CT molecular complexity index is 900. The predicted octanol–water partition coefficient (Wildman–Crippen LogP) is 2.31. The maximum absolute atomic E-state index is 13.2. The summed E-state index contributed by atoms with van der Waals surface area (Å²) in [6.07, 6.45) is -0.209. The third kappa shape index (κ3) is 3.50. The highest BCUT2D eigenvalue weighted by molar-refractivity contribution is 7.92. The molecule has 1 aliphatic rings. The van der Waals surface area contributed by atoms with Crippen LogP contribution in [0.2, 0.25) is 0 Å². The van der Waals surface area contributed by atoms with Gasteiger partial charge in [0, 0.05) is 6.54 Å². The first kappa shape index (κ1) is 18.2. The molecule has 0 bridgehead atoms. The molecule has 2 aromatic rings. The Morgan fingerprint density at radius 3 is 2.62 bits per heavy atom. The van der Waals surface area contributed by atoms with Crippen molar-refractivity contribution in [1.82, 2.24) is 5.32 Å². The van der Waals surface area contributed by atoms with Crippen molar-refractivity contribution in [3.8, 4) is 5.75 Å². The van der Waals surface area contributed by atoms with E-state index in [9.17, 15) is 17.6 Å². The van der Waals surface area contributed by atoms with Crippen LogP contribution in [-0.4, -0.2) is 33.5 Å². The third-order valence-electron chi connectivity index (χ3n) is 3.98. The maximum Gasteiger partial charge on any atom is 0.264 e. The molecule has 0 saturated heterocycles. The molecule has 3 rings (SSSR count). The van der Waals surface area contributed by atoms with Crippen LogP contribution < -0.4 is 14.4 Å². The number of fused-ring (bicyclic) bond motifs is 1. The molecule has 0 fully saturated rings. The lowest BCUT2D eigenvalue weighted by Crippen LogP contribution is -2.50. The van der Waals surface area contributed by atoms with Crippen LogP contribution in [0.25, 0.3) is 0 Å². The number of carbonyl (C=O) groups is 1. The van der Waals surface area contributed by atoms with Crippen LogP contribution in [0.1, 0.15) is 13.3 Å². The second-order valence-corrected chi connectivity index (χ2v) is 7.72. The molecule has 6 nitrogen and oxygen atoms in total. The van der Waals surface area contributed by atoms with E-state index < -0.39 is 21.9 Å². The monoisotopic (exact) mass is 378 g/mol. The summed E-state index contributed by atoms with van der Waals surface area (Å²) in [5.41, 5.74) is 0.344. The van der Waals surface area contributed by atoms with Crippen molar-refractivity contribution in [3.63, 3.8) is 0 Å². The number of amides is 1. The van der Waals surface area contributed by atoms with Gasteiger partial charge >= 0.3 is 0 Å². The van der Waals surface area contributed by atoms with E-state index in [4.69, 9.17) is 4.74 Å². The van der Waals surface area contributed by atoms with Gasteiger partial charge in [-0.05, 0) is 42.8 Å². The number of benzene rings is 2. The Labute approximate surface area is 151 Å². The average Bonchev–Trinajstić information content (AvgIpc) is 2.65. The molecular formula is C18H19FN2O4S. The van der Waals surface area contributed by atoms with Crippen molar-refractivity contribution in [3.05, 3.63) is 54.3 Å². The first-order valence-electron chi connectivity index (χ1n) is 8.25. The lowest BCUT2D eigenvalue weighted by Gasteiger charge is -2.34. The molecule has 0 aromatic heterocycles. The summed E-state index contributed by atoms with van der Waals surface area (Å²) in [6.45, 7) is 2.24. The molecular weight excluding hydrogens is 359 g/mol. The number of rotatable bonds is 5. The molecule has 0 spiro atoms. The average molecular weight is 378 g/mol. The Morgan fingerprint density at radius 2 is 1.92 bits per heavy atom. The number of sulfonamides is 1. The fourth-order valence-electron chi connectivity index (χ4n) is 2.66. The number of anilines is 1. The SMILES string of the molecule is CCCNC(=O)C1CN(S(=O)(=O)c2ccc(F)cc2)c2ccccc2O1. The van der Waals surface area contributed by atoms with E-state index in [1.807, 2.05) is 6.92 Å². The second kappa shape index (κ2) is 7.33. The second-order valence-electron chi connectivity index (χ2n) is 5.86. The van der Waals surface area contributed by atoms with Crippen LogP contribution in [0.4, 0.5) is 10.1 Å². The molecule has 1 heterocycles. The number of ether oxygens (including phenoxy) is 1. The first-order valence-corrected chi connectivity index (χ1v) is 9.69. The van der Waals surface area contributed by atoms with Gasteiger partial charge in [-0.2, -0.15) is 0 Å². The van der Waals surface area contributed by atoms with E-state index in [1.54, 1.807) is 24.3 Å². The summed E-state index contributed by atoms with van der Waals surface area (Å²) < 4.78 is 46.1. The minimum atomic E-state index is -3.97. The van der Waals surface area contributed by atoms with Crippen molar-refractivity contribution in [1.29, 1.82) is 0 Å². The third-order valence-corrected chi connectivity index (χ3v) is 5.77. The van der Waals surface area contributed by atoms with Gasteiger partial charge in [0.2, 0.25) is 0 Å². The smallest absolute Gasteiger partial charge is 0.264 e. The quantitative estimate of drug-likeness (QED) is 0.866. The highest BCUT2D eigenvalue weighted by atomic mass is 32.2. The summed E-state index contributed by atoms with van der Waals surface area (Å²) in [7, 11) is -3.97. The van der Waals surface area contributed by atoms with Gasteiger partial charge in [-0.25, -0.2) is 12.8 Å². The lowest BCUT2D eigenvalue weighted by molar-refractivity contribution is -0.127. The summed E-state index contributed by atoms with van der Waals surface area (Å²) in [4.78, 5) is 12.3. The normalized spacial score (nSPS) is 16.5. The highest BCUT2D eigenvalue weighted by Gasteiger charge is 2.37. The minimum absolute atomic E-state index is 0.0525. The van der Waals surface area contributed by atoms with E-state index in [0.717, 1.165) is 22.9 Å². The van der Waals surface area contributed by atoms with Gasteiger partial charge in [0.05, 0.1) is 17.1 Å². The standard InChI is InChI=1S/C18H19FN2O4S/c1-2-11-20-18(22)17-12-21(15-5-3-4-6-16(15)25-17)26(23,24)14-9-7-13(19)8-10-14/h3-10,17H,2,11-12H2,1H3,(H,20,22). The molecule has 1 N–H and O–H groups in total. The van der Waals surface area contributed by atoms with Crippen molar-refractivity contribution < 1.29 is 22.3 Å². The summed E-state index contributed by atoms with van der Waals surface area (Å²) in [5, 5.41) is 2.72. The van der Waals surface area contributed by atoms with Crippen molar-refractivity contribution >= 4 is 21.6 Å². The van der Waals surface area contributed by atoms with E-state index in [2.05, 4.69) is 5.32 Å². The van der Waals surface area contributed by atoms with Gasteiger partial charge in [-0.15, -0.1) is 0 Å². The number of para-hydroxylation sites is 2. The van der Waals surface area contributed by atoms with Crippen LogP contribution in [0.15, 0.2) is 53.4 Å². The van der Waals surface area contributed by atoms with Crippen molar-refractivity contribution in [2.75, 3.05) is 17.4 Å². The van der Waals surface area contributed by atoms with Crippen LogP contribution >= 0.6 is 0 Å². The molecule has 8 heteroatoms. The largest absolute Gasteiger partial charge is 0.476 e. The first-order chi connectivity index (χ1) is 12.4. The molecule has 0 radical (unpaired) electrons. The van der Waals surface area contributed by atoms with Crippen LogP contribution in [-0.2, 0) is 14.8 Å². The zero-order valence-electron chi connectivity index (χ0n) is 14.2. The van der Waals surface area contributed by atoms with E-state index in [1.165, 1.54) is 12.1 Å². The van der Waals surface area contributed by atoms with Crippen LogP contribution in [0, 0.1) is 5.82 Å². The number of nitrogens with one attached hydrogen (secondary N) is 1. The van der Waals surface area contributed by atoms with Gasteiger partial charge in [-0.1, -0.05) is 19.1 Å². The predicted molar refractivity (Wildman–Crippen MR) is 95.1 cm³/mol. The fraction of sp³-hybridized carbons (Fsp3) is 0.278. The van der Waals surface area contributed by atoms with E-state index in [-0.39, 0.29) is 17.3 Å². The molecule has 2 aromatic carbocycles. The Hall–Kier alpha value is -2.61. The molecule has 1 atom stereocenters.